The Morgan fingerprint density at radius 3 is 2.63 bits per heavy atom. The molecule has 1 fully saturated rings. The minimum absolute atomic E-state index is 0.0189. The van der Waals surface area contributed by atoms with Crippen LogP contribution in [0.25, 0.3) is 0 Å². The molecule has 4 N–H and O–H groups in total. The molecule has 2 atom stereocenters. The van der Waals surface area contributed by atoms with Crippen LogP contribution < -0.4 is 16.0 Å². The minimum atomic E-state index is -4.52. The van der Waals surface area contributed by atoms with E-state index < -0.39 is 23.5 Å². The van der Waals surface area contributed by atoms with Gasteiger partial charge >= 0.3 is 6.18 Å². The number of nitrogens with one attached hydrogen (secondary N) is 4. The number of imidazole rings is 1. The summed E-state index contributed by atoms with van der Waals surface area (Å²) in [7, 11) is 1.34. The van der Waals surface area contributed by atoms with Gasteiger partial charge in [0.15, 0.2) is 11.6 Å². The highest BCUT2D eigenvalue weighted by Gasteiger charge is 2.52. The highest BCUT2D eigenvalue weighted by atomic mass is 19.4. The van der Waals surface area contributed by atoms with Crippen molar-refractivity contribution < 1.29 is 13.2 Å². The number of rotatable bonds is 3. The van der Waals surface area contributed by atoms with Crippen LogP contribution in [0.3, 0.4) is 0 Å². The monoisotopic (exact) mass is 375 g/mol. The van der Waals surface area contributed by atoms with Crippen LogP contribution >= 0.6 is 0 Å². The predicted octanol–water partition coefficient (Wildman–Crippen LogP) is 1.87. The van der Waals surface area contributed by atoms with Gasteiger partial charge in [-0.1, -0.05) is 30.3 Å². The fraction of sp³-hybridized carbons (Fsp3) is 0.235. The average molecular weight is 375 g/mol. The topological polar surface area (TPSA) is 90.1 Å². The van der Waals surface area contributed by atoms with Crippen LogP contribution in [-0.2, 0) is 13.2 Å². The molecule has 1 aromatic carbocycles. The van der Waals surface area contributed by atoms with Crippen molar-refractivity contribution in [2.45, 2.75) is 17.8 Å². The van der Waals surface area contributed by atoms with Crippen molar-refractivity contribution in [1.29, 1.82) is 5.41 Å². The Kier molecular flexibility index (Phi) is 3.72. The second-order valence-electron chi connectivity index (χ2n) is 6.30. The molecule has 10 heteroatoms. The number of nitrogens with zero attached hydrogens (tertiary/aromatic N) is 3. The van der Waals surface area contributed by atoms with Gasteiger partial charge in [0.1, 0.15) is 11.5 Å². The van der Waals surface area contributed by atoms with Crippen molar-refractivity contribution in [3.8, 4) is 0 Å². The Balaban J connectivity index is 1.93. The van der Waals surface area contributed by atoms with Gasteiger partial charge in [-0.15, -0.1) is 0 Å². The van der Waals surface area contributed by atoms with Gasteiger partial charge < -0.3 is 20.5 Å². The number of fused-ring (bicyclic) bond motifs is 1. The van der Waals surface area contributed by atoms with Crippen molar-refractivity contribution in [3.63, 3.8) is 0 Å². The molecule has 2 aliphatic rings. The number of benzene rings is 1. The Morgan fingerprint density at radius 1 is 1.22 bits per heavy atom. The summed E-state index contributed by atoms with van der Waals surface area (Å²) in [4.78, 5) is 8.14. The summed E-state index contributed by atoms with van der Waals surface area (Å²) >= 11 is 0. The van der Waals surface area contributed by atoms with E-state index in [0.717, 1.165) is 16.3 Å². The molecule has 3 heterocycles. The van der Waals surface area contributed by atoms with E-state index >= 15 is 0 Å². The first-order valence-corrected chi connectivity index (χ1v) is 8.10. The van der Waals surface area contributed by atoms with E-state index in [2.05, 4.69) is 25.9 Å². The molecule has 7 nitrogen and oxygen atoms in total. The third-order valence-corrected chi connectivity index (χ3v) is 4.72. The van der Waals surface area contributed by atoms with Crippen LogP contribution in [0.1, 0.15) is 23.0 Å². The number of alkyl halides is 3. The largest absolute Gasteiger partial charge is 0.432 e. The molecule has 0 bridgehead atoms. The maximum absolute atomic E-state index is 13.3. The first kappa shape index (κ1) is 17.1. The Bertz CT molecular complexity index is 945. The summed E-state index contributed by atoms with van der Waals surface area (Å²) in [5.41, 5.74) is -0.689. The van der Waals surface area contributed by atoms with Crippen LogP contribution in [-0.4, -0.2) is 27.5 Å². The molecule has 1 aromatic heterocycles. The minimum Gasteiger partial charge on any atom is -0.348 e. The Morgan fingerprint density at radius 2 is 1.96 bits per heavy atom. The molecule has 2 aliphatic heterocycles. The van der Waals surface area contributed by atoms with E-state index in [1.807, 2.05) is 18.2 Å². The number of hydrogen-bond acceptors (Lipinski definition) is 4. The Labute approximate surface area is 152 Å². The highest BCUT2D eigenvalue weighted by molar-refractivity contribution is 5.86. The van der Waals surface area contributed by atoms with Crippen LogP contribution in [0.5, 0.6) is 0 Å². The number of halogens is 3. The second-order valence-corrected chi connectivity index (χ2v) is 6.30. The fourth-order valence-corrected chi connectivity index (χ4v) is 3.53. The molecule has 0 saturated carbocycles. The lowest BCUT2D eigenvalue weighted by atomic mass is 9.83. The molecule has 0 spiro atoms. The molecule has 0 radical (unpaired) electrons. The zero-order valence-corrected chi connectivity index (χ0v) is 14.2. The van der Waals surface area contributed by atoms with E-state index in [4.69, 9.17) is 5.41 Å². The zero-order chi connectivity index (χ0) is 19.2. The number of guanidine groups is 1. The Hall–Kier alpha value is -3.30. The van der Waals surface area contributed by atoms with Gasteiger partial charge in [0.05, 0.1) is 30.4 Å². The molecular formula is C17H16F3N7. The van der Waals surface area contributed by atoms with Gasteiger partial charge in [0, 0.05) is 7.05 Å². The van der Waals surface area contributed by atoms with E-state index in [9.17, 15) is 13.2 Å². The lowest BCUT2D eigenvalue weighted by molar-refractivity contribution is -0.143. The van der Waals surface area contributed by atoms with Crippen molar-refractivity contribution >= 4 is 12.3 Å². The SMILES string of the molecule is Cn1c(C(F)(F)F)cnc1C(c1ccccc1)C12NC=NC=C1NC(=N)N2. The molecule has 140 valence electrons. The van der Waals surface area contributed by atoms with Crippen LogP contribution in [0.15, 0.2) is 53.4 Å². The number of aromatic nitrogens is 2. The van der Waals surface area contributed by atoms with Gasteiger partial charge in [-0.2, -0.15) is 13.2 Å². The van der Waals surface area contributed by atoms with E-state index in [0.29, 0.717) is 5.70 Å². The van der Waals surface area contributed by atoms with Gasteiger partial charge in [-0.05, 0) is 5.56 Å². The standard InChI is InChI=1S/C17H16F3N7/c1-27-12(17(18,19)20)8-23-14(27)13(10-5-3-2-4-6-10)16-11(7-22-9-24-16)25-15(21)26-16/h2-9,13H,1H3,(H,22,24)(H3,21,25,26). The van der Waals surface area contributed by atoms with Gasteiger partial charge in [0.2, 0.25) is 0 Å². The molecule has 4 rings (SSSR count). The lowest BCUT2D eigenvalue weighted by Gasteiger charge is -2.38. The van der Waals surface area contributed by atoms with Crippen LogP contribution in [0, 0.1) is 5.41 Å². The molecule has 2 unspecified atom stereocenters. The number of aliphatic imine (C=N–C) groups is 1. The summed E-state index contributed by atoms with van der Waals surface area (Å²) in [5.74, 6) is -0.454. The molecule has 27 heavy (non-hydrogen) atoms. The molecule has 0 aliphatic carbocycles. The maximum Gasteiger partial charge on any atom is 0.432 e. The summed E-state index contributed by atoms with van der Waals surface area (Å²) in [6.45, 7) is 0. The van der Waals surface area contributed by atoms with Gasteiger partial charge in [0.25, 0.3) is 0 Å². The summed E-state index contributed by atoms with van der Waals surface area (Å²) in [6, 6.07) is 9.07. The quantitative estimate of drug-likeness (QED) is 0.659. The second kappa shape index (κ2) is 5.86. The predicted molar refractivity (Wildman–Crippen MR) is 92.9 cm³/mol. The first-order valence-electron chi connectivity index (χ1n) is 8.10. The fourth-order valence-electron chi connectivity index (χ4n) is 3.53. The molecule has 2 aromatic rings. The van der Waals surface area contributed by atoms with Crippen molar-refractivity contribution in [1.82, 2.24) is 25.5 Å². The maximum atomic E-state index is 13.3. The highest BCUT2D eigenvalue weighted by Crippen LogP contribution is 2.40. The van der Waals surface area contributed by atoms with Gasteiger partial charge in [-0.3, -0.25) is 5.41 Å². The molecule has 0 amide bonds. The summed E-state index contributed by atoms with van der Waals surface area (Å²) in [5, 5.41) is 16.9. The van der Waals surface area contributed by atoms with E-state index in [-0.39, 0.29) is 11.8 Å². The average Bonchev–Trinajstić information content (AvgIpc) is 3.16. The van der Waals surface area contributed by atoms with Crippen molar-refractivity contribution in [3.05, 3.63) is 65.5 Å². The molecule has 1 saturated heterocycles. The normalized spacial score (nSPS) is 22.4. The van der Waals surface area contributed by atoms with Crippen LogP contribution in [0.4, 0.5) is 13.2 Å². The van der Waals surface area contributed by atoms with Gasteiger partial charge in [-0.25, -0.2) is 9.98 Å². The lowest BCUT2D eigenvalue weighted by Crippen LogP contribution is -2.60. The summed E-state index contributed by atoms with van der Waals surface area (Å²) < 4.78 is 41.0. The van der Waals surface area contributed by atoms with E-state index in [1.54, 1.807) is 12.1 Å². The number of hydrogen-bond donors (Lipinski definition) is 4. The molecular weight excluding hydrogens is 359 g/mol. The smallest absolute Gasteiger partial charge is 0.348 e. The summed E-state index contributed by atoms with van der Waals surface area (Å²) in [6.07, 6.45) is -0.710. The van der Waals surface area contributed by atoms with Crippen molar-refractivity contribution in [2.24, 2.45) is 12.0 Å². The van der Waals surface area contributed by atoms with Crippen molar-refractivity contribution in [2.75, 3.05) is 0 Å². The third kappa shape index (κ3) is 2.64. The third-order valence-electron chi connectivity index (χ3n) is 4.72. The first-order chi connectivity index (χ1) is 12.8. The zero-order valence-electron chi connectivity index (χ0n) is 14.2. The van der Waals surface area contributed by atoms with Crippen LogP contribution in [0.2, 0.25) is 0 Å². The van der Waals surface area contributed by atoms with E-state index in [1.165, 1.54) is 19.6 Å².